The van der Waals surface area contributed by atoms with Gasteiger partial charge in [0.1, 0.15) is 0 Å². The van der Waals surface area contributed by atoms with Crippen LogP contribution in [0, 0.1) is 5.92 Å². The predicted molar refractivity (Wildman–Crippen MR) is 78.9 cm³/mol. The molecule has 0 bridgehead atoms. The van der Waals surface area contributed by atoms with Gasteiger partial charge in [-0.25, -0.2) is 0 Å². The molecule has 1 aromatic rings. The van der Waals surface area contributed by atoms with E-state index in [1.54, 1.807) is 0 Å². The van der Waals surface area contributed by atoms with E-state index in [1.807, 2.05) is 0 Å². The third-order valence-corrected chi connectivity index (χ3v) is 3.97. The minimum atomic E-state index is 0.576. The molecule has 2 rings (SSSR count). The first-order valence-corrected chi connectivity index (χ1v) is 7.55. The summed E-state index contributed by atoms with van der Waals surface area (Å²) in [4.78, 5) is 2.53. The smallest absolute Gasteiger partial charge is 0.0513 e. The lowest BCUT2D eigenvalue weighted by molar-refractivity contribution is 0.606. The van der Waals surface area contributed by atoms with Crippen molar-refractivity contribution in [3.63, 3.8) is 0 Å². The van der Waals surface area contributed by atoms with Gasteiger partial charge in [0.25, 0.3) is 0 Å². The van der Waals surface area contributed by atoms with Gasteiger partial charge in [-0.15, -0.1) is 11.6 Å². The van der Waals surface area contributed by atoms with E-state index in [-0.39, 0.29) is 0 Å². The summed E-state index contributed by atoms with van der Waals surface area (Å²) in [7, 11) is 0. The van der Waals surface area contributed by atoms with Crippen molar-refractivity contribution in [2.75, 3.05) is 11.4 Å². The molecular weight excluding hydrogens is 298 g/mol. The molecular formula is C14H19BrClN. The zero-order chi connectivity index (χ0) is 12.4. The van der Waals surface area contributed by atoms with E-state index in [9.17, 15) is 0 Å². The van der Waals surface area contributed by atoms with Crippen molar-refractivity contribution in [3.8, 4) is 0 Å². The Labute approximate surface area is 117 Å². The fourth-order valence-corrected chi connectivity index (χ4v) is 2.91. The van der Waals surface area contributed by atoms with Gasteiger partial charge in [-0.1, -0.05) is 19.9 Å². The highest BCUT2D eigenvalue weighted by molar-refractivity contribution is 9.10. The molecule has 1 nitrogen and oxygen atoms in total. The minimum absolute atomic E-state index is 0.576. The molecule has 0 aromatic heterocycles. The molecule has 0 atom stereocenters. The van der Waals surface area contributed by atoms with E-state index in [0.29, 0.717) is 11.8 Å². The topological polar surface area (TPSA) is 3.24 Å². The molecule has 1 aromatic carbocycles. The minimum Gasteiger partial charge on any atom is -0.367 e. The fourth-order valence-electron chi connectivity index (χ4n) is 2.09. The fraction of sp³-hybridized carbons (Fsp3) is 0.571. The second-order valence-electron chi connectivity index (χ2n) is 5.20. The first kappa shape index (κ1) is 13.2. The van der Waals surface area contributed by atoms with Crippen molar-refractivity contribution < 1.29 is 0 Å². The maximum absolute atomic E-state index is 5.86. The number of hydrogen-bond donors (Lipinski definition) is 0. The second-order valence-corrected chi connectivity index (χ2v) is 6.32. The summed E-state index contributed by atoms with van der Waals surface area (Å²) in [6, 6.07) is 7.21. The van der Waals surface area contributed by atoms with Crippen LogP contribution >= 0.6 is 27.5 Å². The zero-order valence-corrected chi connectivity index (χ0v) is 12.8. The van der Waals surface area contributed by atoms with Gasteiger partial charge >= 0.3 is 0 Å². The normalized spacial score (nSPS) is 15.4. The van der Waals surface area contributed by atoms with Gasteiger partial charge in [0.2, 0.25) is 0 Å². The number of benzene rings is 1. The molecule has 1 saturated carbocycles. The van der Waals surface area contributed by atoms with Crippen LogP contribution in [0.4, 0.5) is 5.69 Å². The number of halogens is 2. The highest BCUT2D eigenvalue weighted by Gasteiger charge is 2.30. The molecule has 17 heavy (non-hydrogen) atoms. The Hall–Kier alpha value is -0.210. The summed E-state index contributed by atoms with van der Waals surface area (Å²) in [6.45, 7) is 5.68. The van der Waals surface area contributed by atoms with E-state index in [1.165, 1.54) is 28.6 Å². The molecule has 0 amide bonds. The summed E-state index contributed by atoms with van der Waals surface area (Å²) < 4.78 is 1.17. The first-order valence-electron chi connectivity index (χ1n) is 6.23. The van der Waals surface area contributed by atoms with E-state index in [4.69, 9.17) is 11.6 Å². The quantitative estimate of drug-likeness (QED) is 0.704. The Morgan fingerprint density at radius 3 is 2.59 bits per heavy atom. The Morgan fingerprint density at radius 1 is 1.41 bits per heavy atom. The van der Waals surface area contributed by atoms with Gasteiger partial charge in [0, 0.05) is 22.9 Å². The monoisotopic (exact) mass is 315 g/mol. The van der Waals surface area contributed by atoms with E-state index < -0.39 is 0 Å². The van der Waals surface area contributed by atoms with Gasteiger partial charge in [-0.2, -0.15) is 0 Å². The summed E-state index contributed by atoms with van der Waals surface area (Å²) >= 11 is 9.53. The van der Waals surface area contributed by atoms with E-state index in [0.717, 1.165) is 12.6 Å². The molecule has 3 heteroatoms. The molecule has 1 aliphatic rings. The molecule has 94 valence electrons. The van der Waals surface area contributed by atoms with Crippen molar-refractivity contribution in [2.45, 2.75) is 38.6 Å². The lowest BCUT2D eigenvalue weighted by Gasteiger charge is -2.28. The average Bonchev–Trinajstić information content (AvgIpc) is 3.09. The summed E-state index contributed by atoms with van der Waals surface area (Å²) in [6.07, 6.45) is 2.66. The van der Waals surface area contributed by atoms with E-state index in [2.05, 4.69) is 52.9 Å². The van der Waals surface area contributed by atoms with Crippen molar-refractivity contribution in [1.82, 2.24) is 0 Å². The van der Waals surface area contributed by atoms with Crippen LogP contribution in [0.2, 0.25) is 0 Å². The van der Waals surface area contributed by atoms with Crippen molar-refractivity contribution in [1.29, 1.82) is 0 Å². The number of hydrogen-bond acceptors (Lipinski definition) is 1. The summed E-state index contributed by atoms with van der Waals surface area (Å²) in [5.41, 5.74) is 2.48. The number of nitrogens with zero attached hydrogens (tertiary/aromatic N) is 1. The number of alkyl halides is 1. The Bertz CT molecular complexity index is 388. The highest BCUT2D eigenvalue weighted by Crippen LogP contribution is 2.36. The predicted octanol–water partition coefficient (Wildman–Crippen LogP) is 4.81. The van der Waals surface area contributed by atoms with Gasteiger partial charge in [0.05, 0.1) is 5.69 Å². The Balaban J connectivity index is 2.23. The summed E-state index contributed by atoms with van der Waals surface area (Å²) in [5, 5.41) is 0. The maximum atomic E-state index is 5.86. The zero-order valence-electron chi connectivity index (χ0n) is 10.4. The standard InChI is InChI=1S/C14H19BrClN/c1-10(2)9-17(12-4-5-12)14-6-3-11(8-16)7-13(14)15/h3,6-7,10,12H,4-5,8-9H2,1-2H3. The molecule has 0 saturated heterocycles. The number of rotatable bonds is 5. The van der Waals surface area contributed by atoms with Crippen LogP contribution < -0.4 is 4.90 Å². The molecule has 1 aliphatic carbocycles. The molecule has 0 unspecified atom stereocenters. The molecule has 0 heterocycles. The van der Waals surface area contributed by atoms with Crippen LogP contribution in [0.5, 0.6) is 0 Å². The Morgan fingerprint density at radius 2 is 2.12 bits per heavy atom. The highest BCUT2D eigenvalue weighted by atomic mass is 79.9. The number of anilines is 1. The van der Waals surface area contributed by atoms with Crippen LogP contribution in [0.15, 0.2) is 22.7 Å². The van der Waals surface area contributed by atoms with Crippen LogP contribution in [-0.4, -0.2) is 12.6 Å². The van der Waals surface area contributed by atoms with Gasteiger partial charge < -0.3 is 4.90 Å². The van der Waals surface area contributed by atoms with Crippen molar-refractivity contribution >= 4 is 33.2 Å². The SMILES string of the molecule is CC(C)CN(c1ccc(CCl)cc1Br)C1CC1. The molecule has 0 radical (unpaired) electrons. The third-order valence-electron chi connectivity index (χ3n) is 3.03. The largest absolute Gasteiger partial charge is 0.367 e. The van der Waals surface area contributed by atoms with Crippen LogP contribution in [0.25, 0.3) is 0 Å². The summed E-state index contributed by atoms with van der Waals surface area (Å²) in [5.74, 6) is 1.27. The van der Waals surface area contributed by atoms with Gasteiger partial charge in [-0.3, -0.25) is 0 Å². The second kappa shape index (κ2) is 5.62. The van der Waals surface area contributed by atoms with Gasteiger partial charge in [-0.05, 0) is 52.4 Å². The third kappa shape index (κ3) is 3.38. The van der Waals surface area contributed by atoms with E-state index >= 15 is 0 Å². The molecule has 1 fully saturated rings. The maximum Gasteiger partial charge on any atom is 0.0513 e. The van der Waals surface area contributed by atoms with Crippen molar-refractivity contribution in [3.05, 3.63) is 28.2 Å². The lowest BCUT2D eigenvalue weighted by Crippen LogP contribution is -2.30. The Kier molecular flexibility index (Phi) is 4.37. The van der Waals surface area contributed by atoms with Crippen molar-refractivity contribution in [2.24, 2.45) is 5.92 Å². The molecule has 0 aliphatic heterocycles. The first-order chi connectivity index (χ1) is 8.11. The molecule has 0 spiro atoms. The molecule has 0 N–H and O–H groups in total. The van der Waals surface area contributed by atoms with Crippen LogP contribution in [-0.2, 0) is 5.88 Å². The average molecular weight is 317 g/mol. The van der Waals surface area contributed by atoms with Gasteiger partial charge in [0.15, 0.2) is 0 Å². The van der Waals surface area contributed by atoms with Crippen LogP contribution in [0.1, 0.15) is 32.3 Å². The lowest BCUT2D eigenvalue weighted by atomic mass is 10.1. The van der Waals surface area contributed by atoms with Crippen LogP contribution in [0.3, 0.4) is 0 Å².